The second-order valence-electron chi connectivity index (χ2n) is 5.14. The third-order valence-corrected chi connectivity index (χ3v) is 3.35. The highest BCUT2D eigenvalue weighted by Gasteiger charge is 2.14. The summed E-state index contributed by atoms with van der Waals surface area (Å²) in [5, 5.41) is 2.32. The molecule has 11 heteroatoms. The smallest absolute Gasteiger partial charge is 0.387 e. The predicted octanol–water partition coefficient (Wildman–Crippen LogP) is 2.35. The molecule has 0 spiro atoms. The van der Waals surface area contributed by atoms with Crippen LogP contribution in [0.4, 0.5) is 20.4 Å². The van der Waals surface area contributed by atoms with Crippen molar-refractivity contribution in [3.63, 3.8) is 0 Å². The molecular weight excluding hydrogens is 386 g/mol. The van der Waals surface area contributed by atoms with E-state index in [-0.39, 0.29) is 23.0 Å². The maximum absolute atomic E-state index is 12.2. The van der Waals surface area contributed by atoms with Crippen LogP contribution >= 0.6 is 11.6 Å². The van der Waals surface area contributed by atoms with E-state index in [4.69, 9.17) is 16.3 Å². The van der Waals surface area contributed by atoms with Gasteiger partial charge in [-0.15, -0.1) is 0 Å². The lowest BCUT2D eigenvalue weighted by atomic mass is 10.3. The van der Waals surface area contributed by atoms with Crippen molar-refractivity contribution in [2.75, 3.05) is 30.4 Å². The Balaban J connectivity index is 1.80. The van der Waals surface area contributed by atoms with Crippen molar-refractivity contribution in [3.8, 4) is 5.75 Å². The molecule has 2 aromatic rings. The summed E-state index contributed by atoms with van der Waals surface area (Å²) in [7, 11) is 1.60. The zero-order valence-electron chi connectivity index (χ0n) is 14.1. The second kappa shape index (κ2) is 9.62. The standard InChI is InChI=1S/C16H15ClF2N4O4/c1-23(16-20-5-2-6-21-16)8-14(25)26-9-13(24)22-10-3-4-12(11(17)7-10)27-15(18)19/h2-7,15H,8-9H2,1H3,(H,22,24). The lowest BCUT2D eigenvalue weighted by molar-refractivity contribution is -0.145. The molecule has 27 heavy (non-hydrogen) atoms. The number of carbonyl (C=O) groups is 2. The number of amides is 1. The maximum Gasteiger partial charge on any atom is 0.387 e. The molecule has 0 fully saturated rings. The van der Waals surface area contributed by atoms with Crippen LogP contribution < -0.4 is 15.0 Å². The molecule has 1 N–H and O–H groups in total. The SMILES string of the molecule is CN(CC(=O)OCC(=O)Nc1ccc(OC(F)F)c(Cl)c1)c1ncccn1. The van der Waals surface area contributed by atoms with Gasteiger partial charge in [0.15, 0.2) is 6.61 Å². The molecule has 0 unspecified atom stereocenters. The fourth-order valence-electron chi connectivity index (χ4n) is 1.91. The largest absolute Gasteiger partial charge is 0.454 e. The van der Waals surface area contributed by atoms with Gasteiger partial charge < -0.3 is 19.7 Å². The number of aromatic nitrogens is 2. The van der Waals surface area contributed by atoms with E-state index in [1.807, 2.05) is 0 Å². The van der Waals surface area contributed by atoms with Gasteiger partial charge in [0.1, 0.15) is 12.3 Å². The number of ether oxygens (including phenoxy) is 2. The molecule has 1 heterocycles. The molecule has 0 aliphatic carbocycles. The van der Waals surface area contributed by atoms with Gasteiger partial charge >= 0.3 is 12.6 Å². The minimum Gasteiger partial charge on any atom is -0.454 e. The molecule has 2 rings (SSSR count). The van der Waals surface area contributed by atoms with Gasteiger partial charge in [-0.3, -0.25) is 9.59 Å². The molecule has 0 saturated heterocycles. The summed E-state index contributed by atoms with van der Waals surface area (Å²) < 4.78 is 33.4. The summed E-state index contributed by atoms with van der Waals surface area (Å²) in [6.07, 6.45) is 3.06. The number of benzene rings is 1. The molecule has 1 aromatic carbocycles. The fourth-order valence-corrected chi connectivity index (χ4v) is 2.14. The first-order valence-electron chi connectivity index (χ1n) is 7.53. The minimum absolute atomic E-state index is 0.102. The Labute approximate surface area is 158 Å². The van der Waals surface area contributed by atoms with Crippen LogP contribution in [-0.2, 0) is 14.3 Å². The quantitative estimate of drug-likeness (QED) is 0.680. The van der Waals surface area contributed by atoms with Crippen molar-refractivity contribution in [1.29, 1.82) is 0 Å². The van der Waals surface area contributed by atoms with Crippen molar-refractivity contribution in [3.05, 3.63) is 41.7 Å². The van der Waals surface area contributed by atoms with Crippen molar-refractivity contribution in [1.82, 2.24) is 9.97 Å². The maximum atomic E-state index is 12.2. The van der Waals surface area contributed by atoms with Crippen LogP contribution in [-0.4, -0.2) is 48.7 Å². The Morgan fingerprint density at radius 1 is 1.30 bits per heavy atom. The lowest BCUT2D eigenvalue weighted by Gasteiger charge is -2.15. The highest BCUT2D eigenvalue weighted by Crippen LogP contribution is 2.28. The molecule has 0 bridgehead atoms. The molecule has 0 radical (unpaired) electrons. The van der Waals surface area contributed by atoms with Gasteiger partial charge in [0.05, 0.1) is 5.02 Å². The van der Waals surface area contributed by atoms with Crippen molar-refractivity contribution >= 4 is 35.1 Å². The van der Waals surface area contributed by atoms with Crippen LogP contribution in [0, 0.1) is 0 Å². The summed E-state index contributed by atoms with van der Waals surface area (Å²) in [5.41, 5.74) is 0.234. The van der Waals surface area contributed by atoms with E-state index in [0.29, 0.717) is 5.95 Å². The third-order valence-electron chi connectivity index (χ3n) is 3.06. The number of nitrogens with one attached hydrogen (secondary N) is 1. The van der Waals surface area contributed by atoms with Gasteiger partial charge in [0.2, 0.25) is 5.95 Å². The molecule has 1 amide bonds. The number of hydrogen-bond donors (Lipinski definition) is 1. The predicted molar refractivity (Wildman–Crippen MR) is 93.0 cm³/mol. The van der Waals surface area contributed by atoms with Crippen LogP contribution in [0.2, 0.25) is 5.02 Å². The number of nitrogens with zero attached hydrogens (tertiary/aromatic N) is 3. The Hall–Kier alpha value is -3.01. The molecule has 0 saturated carbocycles. The number of likely N-dealkylation sites (N-methyl/N-ethyl adjacent to an activating group) is 1. The summed E-state index contributed by atoms with van der Waals surface area (Å²) in [6.45, 7) is -3.69. The van der Waals surface area contributed by atoms with Gasteiger partial charge in [-0.2, -0.15) is 8.78 Å². The average molecular weight is 401 g/mol. The van der Waals surface area contributed by atoms with Crippen LogP contribution in [0.1, 0.15) is 0 Å². The Morgan fingerprint density at radius 2 is 2.00 bits per heavy atom. The Kier molecular flexibility index (Phi) is 7.24. The topological polar surface area (TPSA) is 93.7 Å². The number of hydrogen-bond acceptors (Lipinski definition) is 7. The zero-order valence-corrected chi connectivity index (χ0v) is 14.8. The zero-order chi connectivity index (χ0) is 19.8. The summed E-state index contributed by atoms with van der Waals surface area (Å²) in [4.78, 5) is 33.0. The number of halogens is 3. The second-order valence-corrected chi connectivity index (χ2v) is 5.54. The lowest BCUT2D eigenvalue weighted by Crippen LogP contribution is -2.30. The van der Waals surface area contributed by atoms with Crippen LogP contribution in [0.5, 0.6) is 5.75 Å². The summed E-state index contributed by atoms with van der Waals surface area (Å²) in [5.74, 6) is -1.17. The number of esters is 1. The number of anilines is 2. The number of alkyl halides is 2. The molecule has 144 valence electrons. The monoisotopic (exact) mass is 400 g/mol. The van der Waals surface area contributed by atoms with E-state index < -0.39 is 25.1 Å². The summed E-state index contributed by atoms with van der Waals surface area (Å²) >= 11 is 5.79. The van der Waals surface area contributed by atoms with Gasteiger partial charge in [0, 0.05) is 25.1 Å². The van der Waals surface area contributed by atoms with E-state index in [1.54, 1.807) is 13.1 Å². The van der Waals surface area contributed by atoms with Gasteiger partial charge in [-0.25, -0.2) is 9.97 Å². The highest BCUT2D eigenvalue weighted by molar-refractivity contribution is 6.32. The van der Waals surface area contributed by atoms with Crippen molar-refractivity contribution in [2.45, 2.75) is 6.61 Å². The first kappa shape index (κ1) is 20.3. The Morgan fingerprint density at radius 3 is 2.63 bits per heavy atom. The van der Waals surface area contributed by atoms with E-state index >= 15 is 0 Å². The first-order chi connectivity index (χ1) is 12.8. The van der Waals surface area contributed by atoms with Gasteiger partial charge in [-0.1, -0.05) is 11.6 Å². The van der Waals surface area contributed by atoms with E-state index in [2.05, 4.69) is 20.0 Å². The molecule has 0 aliphatic rings. The molecule has 8 nitrogen and oxygen atoms in total. The minimum atomic E-state index is -3.01. The fraction of sp³-hybridized carbons (Fsp3) is 0.250. The van der Waals surface area contributed by atoms with Crippen LogP contribution in [0.15, 0.2) is 36.7 Å². The van der Waals surface area contributed by atoms with Crippen LogP contribution in [0.25, 0.3) is 0 Å². The normalized spacial score (nSPS) is 10.4. The van der Waals surface area contributed by atoms with E-state index in [1.165, 1.54) is 35.5 Å². The van der Waals surface area contributed by atoms with Crippen molar-refractivity contribution < 1.29 is 27.8 Å². The third kappa shape index (κ3) is 6.66. The number of carbonyl (C=O) groups excluding carboxylic acids is 2. The molecule has 0 aliphatic heterocycles. The first-order valence-corrected chi connectivity index (χ1v) is 7.91. The average Bonchev–Trinajstić information content (AvgIpc) is 2.63. The van der Waals surface area contributed by atoms with Gasteiger partial charge in [-0.05, 0) is 24.3 Å². The van der Waals surface area contributed by atoms with E-state index in [9.17, 15) is 18.4 Å². The molecular formula is C16H15ClF2N4O4. The molecule has 0 atom stereocenters. The van der Waals surface area contributed by atoms with Crippen LogP contribution in [0.3, 0.4) is 0 Å². The highest BCUT2D eigenvalue weighted by atomic mass is 35.5. The Bertz CT molecular complexity index is 795. The van der Waals surface area contributed by atoms with Gasteiger partial charge in [0.25, 0.3) is 5.91 Å². The summed E-state index contributed by atoms with van der Waals surface area (Å²) in [6, 6.07) is 5.38. The van der Waals surface area contributed by atoms with E-state index in [0.717, 1.165) is 0 Å². The number of rotatable bonds is 8. The molecule has 1 aromatic heterocycles. The van der Waals surface area contributed by atoms with Crippen molar-refractivity contribution in [2.24, 2.45) is 0 Å².